The fourth-order valence-electron chi connectivity index (χ4n) is 1.12. The van der Waals surface area contributed by atoms with E-state index in [9.17, 15) is 9.18 Å². The van der Waals surface area contributed by atoms with Gasteiger partial charge >= 0.3 is 6.03 Å². The van der Waals surface area contributed by atoms with Crippen molar-refractivity contribution in [2.24, 2.45) is 0 Å². The second-order valence-electron chi connectivity index (χ2n) is 3.29. The van der Waals surface area contributed by atoms with Crippen LogP contribution in [0.1, 0.15) is 6.92 Å². The molecule has 0 radical (unpaired) electrons. The van der Waals surface area contributed by atoms with E-state index in [0.29, 0.717) is 18.0 Å². The Labute approximate surface area is 94.0 Å². The smallest absolute Gasteiger partial charge is 0.321 e. The van der Waals surface area contributed by atoms with Crippen LogP contribution < -0.4 is 10.1 Å². The summed E-state index contributed by atoms with van der Waals surface area (Å²) in [5.41, 5.74) is 0.453. The van der Waals surface area contributed by atoms with Crippen LogP contribution >= 0.6 is 0 Å². The van der Waals surface area contributed by atoms with E-state index in [2.05, 4.69) is 5.32 Å². The van der Waals surface area contributed by atoms with Crippen molar-refractivity contribution in [2.75, 3.05) is 26.0 Å². The van der Waals surface area contributed by atoms with Gasteiger partial charge in [-0.1, -0.05) is 0 Å². The number of urea groups is 1. The van der Waals surface area contributed by atoms with Crippen LogP contribution in [0.15, 0.2) is 18.2 Å². The van der Waals surface area contributed by atoms with Crippen molar-refractivity contribution in [1.29, 1.82) is 0 Å². The highest BCUT2D eigenvalue weighted by Crippen LogP contribution is 2.24. The van der Waals surface area contributed by atoms with Crippen molar-refractivity contribution >= 4 is 11.7 Å². The summed E-state index contributed by atoms with van der Waals surface area (Å²) in [6.07, 6.45) is 0. The van der Waals surface area contributed by atoms with E-state index in [4.69, 9.17) is 4.74 Å². The minimum atomic E-state index is -0.404. The van der Waals surface area contributed by atoms with Crippen molar-refractivity contribution in [3.8, 4) is 5.75 Å². The summed E-state index contributed by atoms with van der Waals surface area (Å²) in [5, 5.41) is 2.63. The molecule has 0 atom stereocenters. The molecule has 1 aromatic carbocycles. The number of amides is 2. The summed E-state index contributed by atoms with van der Waals surface area (Å²) < 4.78 is 17.9. The first kappa shape index (κ1) is 12.3. The number of nitrogens with zero attached hydrogens (tertiary/aromatic N) is 1. The van der Waals surface area contributed by atoms with Gasteiger partial charge in [0, 0.05) is 19.7 Å². The Morgan fingerprint density at radius 2 is 2.25 bits per heavy atom. The molecule has 0 aliphatic heterocycles. The van der Waals surface area contributed by atoms with Gasteiger partial charge in [-0.25, -0.2) is 9.18 Å². The standard InChI is InChI=1S/C11H15FN2O2/c1-4-14(2)11(15)13-9-6-5-8(12)7-10(9)16-3/h5-7H,4H2,1-3H3,(H,13,15). The molecule has 0 unspecified atom stereocenters. The highest BCUT2D eigenvalue weighted by Gasteiger charge is 2.10. The van der Waals surface area contributed by atoms with Crippen molar-refractivity contribution < 1.29 is 13.9 Å². The number of nitrogens with one attached hydrogen (secondary N) is 1. The largest absolute Gasteiger partial charge is 0.494 e. The number of halogens is 1. The first-order valence-corrected chi connectivity index (χ1v) is 4.94. The molecule has 2 amide bonds. The number of anilines is 1. The van der Waals surface area contributed by atoms with Gasteiger partial charge in [-0.2, -0.15) is 0 Å². The van der Waals surface area contributed by atoms with Crippen LogP contribution in [0.25, 0.3) is 0 Å². The van der Waals surface area contributed by atoms with E-state index in [-0.39, 0.29) is 6.03 Å². The lowest BCUT2D eigenvalue weighted by atomic mass is 10.3. The summed E-state index contributed by atoms with van der Waals surface area (Å²) in [6.45, 7) is 2.46. The summed E-state index contributed by atoms with van der Waals surface area (Å²) in [7, 11) is 3.10. The zero-order valence-electron chi connectivity index (χ0n) is 9.58. The maximum absolute atomic E-state index is 12.9. The molecule has 4 nitrogen and oxygen atoms in total. The zero-order chi connectivity index (χ0) is 12.1. The Morgan fingerprint density at radius 3 is 2.81 bits per heavy atom. The van der Waals surface area contributed by atoms with E-state index in [1.54, 1.807) is 7.05 Å². The molecule has 1 N–H and O–H groups in total. The first-order chi connectivity index (χ1) is 7.58. The lowest BCUT2D eigenvalue weighted by Gasteiger charge is -2.16. The van der Waals surface area contributed by atoms with Gasteiger partial charge in [-0.05, 0) is 19.1 Å². The molecule has 0 fully saturated rings. The third kappa shape index (κ3) is 2.85. The fourth-order valence-corrected chi connectivity index (χ4v) is 1.12. The Bertz CT molecular complexity index is 382. The third-order valence-electron chi connectivity index (χ3n) is 2.23. The SMILES string of the molecule is CCN(C)C(=O)Nc1ccc(F)cc1OC. The number of benzene rings is 1. The van der Waals surface area contributed by atoms with E-state index < -0.39 is 5.82 Å². The van der Waals surface area contributed by atoms with Gasteiger partial charge in [0.15, 0.2) is 0 Å². The molecule has 1 rings (SSSR count). The van der Waals surface area contributed by atoms with Gasteiger partial charge in [-0.15, -0.1) is 0 Å². The summed E-state index contributed by atoms with van der Waals surface area (Å²) in [4.78, 5) is 13.1. The molecule has 0 aliphatic carbocycles. The van der Waals surface area contributed by atoms with Crippen molar-refractivity contribution in [3.63, 3.8) is 0 Å². The maximum Gasteiger partial charge on any atom is 0.321 e. The van der Waals surface area contributed by atoms with Crippen molar-refractivity contribution in [3.05, 3.63) is 24.0 Å². The van der Waals surface area contributed by atoms with Gasteiger partial charge < -0.3 is 15.0 Å². The van der Waals surface area contributed by atoms with Crippen LogP contribution in [0.2, 0.25) is 0 Å². The second kappa shape index (κ2) is 5.34. The molecule has 0 aliphatic rings. The summed E-state index contributed by atoms with van der Waals surface area (Å²) >= 11 is 0. The average molecular weight is 226 g/mol. The molecule has 0 aromatic heterocycles. The van der Waals surface area contributed by atoms with Crippen LogP contribution in [0, 0.1) is 5.82 Å². The second-order valence-corrected chi connectivity index (χ2v) is 3.29. The Balaban J connectivity index is 2.84. The Kier molecular flexibility index (Phi) is 4.10. The number of rotatable bonds is 3. The number of hydrogen-bond acceptors (Lipinski definition) is 2. The van der Waals surface area contributed by atoms with Crippen LogP contribution in [-0.2, 0) is 0 Å². The van der Waals surface area contributed by atoms with Crippen LogP contribution in [0.3, 0.4) is 0 Å². The van der Waals surface area contributed by atoms with Crippen LogP contribution in [0.4, 0.5) is 14.9 Å². The molecular formula is C11H15FN2O2. The maximum atomic E-state index is 12.9. The number of methoxy groups -OCH3 is 1. The molecule has 0 bridgehead atoms. The normalized spacial score (nSPS) is 9.75. The molecule has 5 heteroatoms. The average Bonchev–Trinajstić information content (AvgIpc) is 2.30. The van der Waals surface area contributed by atoms with Gasteiger partial charge in [0.2, 0.25) is 0 Å². The topological polar surface area (TPSA) is 41.6 Å². The predicted octanol–water partition coefficient (Wildman–Crippen LogP) is 2.32. The highest BCUT2D eigenvalue weighted by molar-refractivity contribution is 5.90. The minimum absolute atomic E-state index is 0.257. The monoisotopic (exact) mass is 226 g/mol. The number of ether oxygens (including phenoxy) is 1. The summed E-state index contributed by atoms with van der Waals surface area (Å²) in [6, 6.07) is 3.70. The minimum Gasteiger partial charge on any atom is -0.494 e. The van der Waals surface area contributed by atoms with Crippen molar-refractivity contribution in [1.82, 2.24) is 4.90 Å². The van der Waals surface area contributed by atoms with E-state index in [0.717, 1.165) is 0 Å². The van der Waals surface area contributed by atoms with Crippen LogP contribution in [-0.4, -0.2) is 31.6 Å². The zero-order valence-corrected chi connectivity index (χ0v) is 9.58. The lowest BCUT2D eigenvalue weighted by Crippen LogP contribution is -2.31. The highest BCUT2D eigenvalue weighted by atomic mass is 19.1. The number of hydrogen-bond donors (Lipinski definition) is 1. The van der Waals surface area contributed by atoms with Gasteiger partial charge in [0.25, 0.3) is 0 Å². The van der Waals surface area contributed by atoms with Gasteiger partial charge in [0.1, 0.15) is 11.6 Å². The third-order valence-corrected chi connectivity index (χ3v) is 2.23. The van der Waals surface area contributed by atoms with Gasteiger partial charge in [-0.3, -0.25) is 0 Å². The first-order valence-electron chi connectivity index (χ1n) is 4.94. The van der Waals surface area contributed by atoms with Crippen molar-refractivity contribution in [2.45, 2.75) is 6.92 Å². The lowest BCUT2D eigenvalue weighted by molar-refractivity contribution is 0.224. The Hall–Kier alpha value is -1.78. The van der Waals surface area contributed by atoms with Gasteiger partial charge in [0.05, 0.1) is 12.8 Å². The van der Waals surface area contributed by atoms with Crippen LogP contribution in [0.5, 0.6) is 5.75 Å². The summed E-state index contributed by atoms with van der Waals surface area (Å²) in [5.74, 6) is -0.100. The molecule has 88 valence electrons. The molecule has 0 heterocycles. The molecular weight excluding hydrogens is 211 g/mol. The number of carbonyl (C=O) groups excluding carboxylic acids is 1. The number of carbonyl (C=O) groups is 1. The Morgan fingerprint density at radius 1 is 1.56 bits per heavy atom. The molecule has 0 saturated carbocycles. The predicted molar refractivity (Wildman–Crippen MR) is 60.3 cm³/mol. The molecule has 1 aromatic rings. The molecule has 0 spiro atoms. The fraction of sp³-hybridized carbons (Fsp3) is 0.364. The molecule has 0 saturated heterocycles. The van der Waals surface area contributed by atoms with E-state index in [1.807, 2.05) is 6.92 Å². The van der Waals surface area contributed by atoms with E-state index in [1.165, 1.54) is 30.2 Å². The quantitative estimate of drug-likeness (QED) is 0.859. The van der Waals surface area contributed by atoms with E-state index >= 15 is 0 Å². The molecule has 16 heavy (non-hydrogen) atoms.